The van der Waals surface area contributed by atoms with E-state index in [1.807, 2.05) is 19.9 Å². The minimum absolute atomic E-state index is 0.215. The van der Waals surface area contributed by atoms with Crippen molar-refractivity contribution in [1.29, 1.82) is 0 Å². The molecule has 0 spiro atoms. The Balaban J connectivity index is 1.75. The van der Waals surface area contributed by atoms with Crippen molar-refractivity contribution in [2.45, 2.75) is 45.6 Å². The second-order valence-electron chi connectivity index (χ2n) is 7.69. The Morgan fingerprint density at radius 3 is 2.53 bits per heavy atom. The number of anilines is 1. The fourth-order valence-electron chi connectivity index (χ4n) is 3.85. The molecule has 7 heteroatoms. The first-order valence-electron chi connectivity index (χ1n) is 10.4. The van der Waals surface area contributed by atoms with Crippen LogP contribution in [-0.4, -0.2) is 33.7 Å². The molecule has 0 unspecified atom stereocenters. The molecule has 0 fully saturated rings. The molecule has 1 N–H and O–H groups in total. The summed E-state index contributed by atoms with van der Waals surface area (Å²) in [6, 6.07) is 13.0. The Morgan fingerprint density at radius 1 is 1.13 bits per heavy atom. The molecule has 3 rings (SSSR count). The van der Waals surface area contributed by atoms with E-state index in [1.165, 1.54) is 24.0 Å². The van der Waals surface area contributed by atoms with Gasteiger partial charge in [0, 0.05) is 0 Å². The molecule has 1 aliphatic rings. The van der Waals surface area contributed by atoms with Crippen molar-refractivity contribution in [3.05, 3.63) is 59.2 Å². The molecule has 0 heterocycles. The maximum absolute atomic E-state index is 12.8. The standard InChI is InChI=1S/C23H30N2O4S/c1-4-29-22-12-8-7-11-21(22)25(30(3,27)28)16-23(26)24-17(2)19-14-13-18-9-5-6-10-20(18)15-19/h7-8,11-15,17H,4-6,9-10,16H2,1-3H3,(H,24,26)/t17-/m0/s1. The molecule has 0 aromatic heterocycles. The van der Waals surface area contributed by atoms with Gasteiger partial charge in [0.15, 0.2) is 0 Å². The van der Waals surface area contributed by atoms with Crippen molar-refractivity contribution in [3.63, 3.8) is 0 Å². The Bertz CT molecular complexity index is 1000. The largest absolute Gasteiger partial charge is 0.492 e. The van der Waals surface area contributed by atoms with E-state index in [0.717, 1.165) is 29.0 Å². The number of nitrogens with one attached hydrogen (secondary N) is 1. The van der Waals surface area contributed by atoms with Gasteiger partial charge in [-0.3, -0.25) is 9.10 Å². The van der Waals surface area contributed by atoms with Crippen molar-refractivity contribution in [1.82, 2.24) is 5.32 Å². The third-order valence-corrected chi connectivity index (χ3v) is 6.50. The highest BCUT2D eigenvalue weighted by atomic mass is 32.2. The first-order valence-corrected chi connectivity index (χ1v) is 12.2. The highest BCUT2D eigenvalue weighted by Gasteiger charge is 2.25. The van der Waals surface area contributed by atoms with Crippen molar-refractivity contribution in [3.8, 4) is 5.75 Å². The van der Waals surface area contributed by atoms with Crippen molar-refractivity contribution in [2.75, 3.05) is 23.7 Å². The zero-order valence-corrected chi connectivity index (χ0v) is 18.7. The van der Waals surface area contributed by atoms with Gasteiger partial charge in [-0.1, -0.05) is 30.3 Å². The molecule has 1 atom stereocenters. The lowest BCUT2D eigenvalue weighted by atomic mass is 9.89. The summed E-state index contributed by atoms with van der Waals surface area (Å²) in [5.74, 6) is 0.0675. The lowest BCUT2D eigenvalue weighted by Gasteiger charge is -2.25. The predicted octanol–water partition coefficient (Wildman–Crippen LogP) is 3.61. The zero-order chi connectivity index (χ0) is 21.7. The monoisotopic (exact) mass is 430 g/mol. The van der Waals surface area contributed by atoms with Crippen LogP contribution in [0.1, 0.15) is 49.4 Å². The van der Waals surface area contributed by atoms with Crippen LogP contribution in [0.25, 0.3) is 0 Å². The van der Waals surface area contributed by atoms with Crippen molar-refractivity contribution < 1.29 is 17.9 Å². The molecule has 30 heavy (non-hydrogen) atoms. The summed E-state index contributed by atoms with van der Waals surface area (Å²) >= 11 is 0. The van der Waals surface area contributed by atoms with E-state index in [0.29, 0.717) is 18.0 Å². The lowest BCUT2D eigenvalue weighted by molar-refractivity contribution is -0.120. The van der Waals surface area contributed by atoms with Crippen molar-refractivity contribution in [2.24, 2.45) is 0 Å². The molecule has 162 valence electrons. The molecule has 2 aromatic rings. The summed E-state index contributed by atoms with van der Waals surface area (Å²) in [6.45, 7) is 3.84. The summed E-state index contributed by atoms with van der Waals surface area (Å²) in [7, 11) is -3.67. The number of carbonyl (C=O) groups is 1. The fraction of sp³-hybridized carbons (Fsp3) is 0.435. The second-order valence-corrected chi connectivity index (χ2v) is 9.60. The third kappa shape index (κ3) is 5.33. The third-order valence-electron chi connectivity index (χ3n) is 5.37. The average Bonchev–Trinajstić information content (AvgIpc) is 2.71. The van der Waals surface area contributed by atoms with Gasteiger partial charge in [-0.15, -0.1) is 0 Å². The van der Waals surface area contributed by atoms with Crippen molar-refractivity contribution >= 4 is 21.6 Å². The SMILES string of the molecule is CCOc1ccccc1N(CC(=O)N[C@@H](C)c1ccc2c(c1)CCCC2)S(C)(=O)=O. The minimum Gasteiger partial charge on any atom is -0.492 e. The molecular weight excluding hydrogens is 400 g/mol. The number of rotatable bonds is 8. The Morgan fingerprint density at radius 2 is 1.83 bits per heavy atom. The van der Waals surface area contributed by atoms with Gasteiger partial charge >= 0.3 is 0 Å². The van der Waals surface area contributed by atoms with E-state index in [1.54, 1.807) is 24.3 Å². The molecule has 2 aromatic carbocycles. The molecule has 1 amide bonds. The number of benzene rings is 2. The van der Waals surface area contributed by atoms with Gasteiger partial charge in [-0.2, -0.15) is 0 Å². The van der Waals surface area contributed by atoms with Gasteiger partial charge in [-0.25, -0.2) is 8.42 Å². The number of nitrogens with zero attached hydrogens (tertiary/aromatic N) is 1. The van der Waals surface area contributed by atoms with Crippen LogP contribution in [-0.2, 0) is 27.7 Å². The minimum atomic E-state index is -3.67. The first-order chi connectivity index (χ1) is 14.3. The molecule has 0 bridgehead atoms. The van der Waals surface area contributed by atoms with E-state index in [4.69, 9.17) is 4.74 Å². The van der Waals surface area contributed by atoms with E-state index in [2.05, 4.69) is 17.4 Å². The number of amides is 1. The van der Waals surface area contributed by atoms with Gasteiger partial charge in [0.25, 0.3) is 0 Å². The van der Waals surface area contributed by atoms with Gasteiger partial charge < -0.3 is 10.1 Å². The van der Waals surface area contributed by atoms with Crippen LogP contribution < -0.4 is 14.4 Å². The number of sulfonamides is 1. The van der Waals surface area contributed by atoms with Crippen LogP contribution in [0, 0.1) is 0 Å². The Labute approximate surface area is 179 Å². The maximum atomic E-state index is 12.8. The molecule has 0 aliphatic heterocycles. The Kier molecular flexibility index (Phi) is 7.02. The summed E-state index contributed by atoms with van der Waals surface area (Å²) in [5.41, 5.74) is 4.13. The summed E-state index contributed by atoms with van der Waals surface area (Å²) < 4.78 is 31.5. The van der Waals surface area contributed by atoms with E-state index in [-0.39, 0.29) is 18.5 Å². The normalized spacial score (nSPS) is 14.5. The summed E-state index contributed by atoms with van der Waals surface area (Å²) in [6.07, 6.45) is 5.69. The number of hydrogen-bond acceptors (Lipinski definition) is 4. The van der Waals surface area contributed by atoms with Crippen LogP contribution in [0.5, 0.6) is 5.75 Å². The fourth-order valence-corrected chi connectivity index (χ4v) is 4.71. The molecule has 6 nitrogen and oxygen atoms in total. The van der Waals surface area contributed by atoms with Crippen LogP contribution in [0.3, 0.4) is 0 Å². The smallest absolute Gasteiger partial charge is 0.241 e. The number of ether oxygens (including phenoxy) is 1. The van der Waals surface area contributed by atoms with Crippen LogP contribution >= 0.6 is 0 Å². The second kappa shape index (κ2) is 9.51. The quantitative estimate of drug-likeness (QED) is 0.694. The molecule has 0 radical (unpaired) electrons. The van der Waals surface area contributed by atoms with Gasteiger partial charge in [0.1, 0.15) is 12.3 Å². The number of hydrogen-bond donors (Lipinski definition) is 1. The zero-order valence-electron chi connectivity index (χ0n) is 17.8. The molecule has 0 saturated carbocycles. The van der Waals surface area contributed by atoms with Crippen LogP contribution in [0.2, 0.25) is 0 Å². The molecular formula is C23H30N2O4S. The maximum Gasteiger partial charge on any atom is 0.241 e. The summed E-state index contributed by atoms with van der Waals surface area (Å²) in [4.78, 5) is 12.8. The van der Waals surface area contributed by atoms with Gasteiger partial charge in [0.05, 0.1) is 24.6 Å². The van der Waals surface area contributed by atoms with Crippen LogP contribution in [0.15, 0.2) is 42.5 Å². The van der Waals surface area contributed by atoms with Crippen LogP contribution in [0.4, 0.5) is 5.69 Å². The topological polar surface area (TPSA) is 75.7 Å². The summed E-state index contributed by atoms with van der Waals surface area (Å²) in [5, 5.41) is 2.94. The molecule has 0 saturated heterocycles. The number of carbonyl (C=O) groups excluding carboxylic acids is 1. The average molecular weight is 431 g/mol. The predicted molar refractivity (Wildman–Crippen MR) is 119 cm³/mol. The number of aryl methyl sites for hydroxylation is 2. The van der Waals surface area contributed by atoms with Gasteiger partial charge in [-0.05, 0) is 68.4 Å². The highest BCUT2D eigenvalue weighted by molar-refractivity contribution is 7.92. The first kappa shape index (κ1) is 22.2. The number of fused-ring (bicyclic) bond motifs is 1. The lowest BCUT2D eigenvalue weighted by Crippen LogP contribution is -2.41. The van der Waals surface area contributed by atoms with E-state index in [9.17, 15) is 13.2 Å². The van der Waals surface area contributed by atoms with Gasteiger partial charge in [0.2, 0.25) is 15.9 Å². The number of para-hydroxylation sites is 2. The van der Waals surface area contributed by atoms with E-state index < -0.39 is 10.0 Å². The highest BCUT2D eigenvalue weighted by Crippen LogP contribution is 2.30. The molecule has 1 aliphatic carbocycles. The van der Waals surface area contributed by atoms with E-state index >= 15 is 0 Å². The Hall–Kier alpha value is -2.54.